The second-order valence-electron chi connectivity index (χ2n) is 2.71. The first-order valence-corrected chi connectivity index (χ1v) is 5.37. The molecule has 0 bridgehead atoms. The Kier molecular flexibility index (Phi) is 4.63. The van der Waals surface area contributed by atoms with Crippen molar-refractivity contribution >= 4 is 39.5 Å². The zero-order valence-electron chi connectivity index (χ0n) is 8.33. The Morgan fingerprint density at radius 1 is 1.69 bits per heavy atom. The number of thiocarbonyl (C=S) groups is 1. The molecule has 86 valence electrons. The molecule has 0 aliphatic rings. The SMILES string of the molecule is COc1ccc(F)c(C=NNC(N)=S)c1Br. The Hall–Kier alpha value is -1.21. The van der Waals surface area contributed by atoms with Crippen LogP contribution in [-0.4, -0.2) is 18.4 Å². The van der Waals surface area contributed by atoms with Crippen LogP contribution in [0, 0.1) is 5.82 Å². The number of ether oxygens (including phenoxy) is 1. The first kappa shape index (κ1) is 12.9. The fourth-order valence-electron chi connectivity index (χ4n) is 0.986. The summed E-state index contributed by atoms with van der Waals surface area (Å²) < 4.78 is 18.9. The van der Waals surface area contributed by atoms with Crippen LogP contribution < -0.4 is 15.9 Å². The van der Waals surface area contributed by atoms with Crippen LogP contribution in [0.15, 0.2) is 21.7 Å². The molecule has 0 saturated heterocycles. The van der Waals surface area contributed by atoms with E-state index >= 15 is 0 Å². The minimum Gasteiger partial charge on any atom is -0.496 e. The predicted octanol–water partition coefficient (Wildman–Crippen LogP) is 1.76. The normalized spacial score (nSPS) is 10.4. The number of nitrogens with two attached hydrogens (primary N) is 1. The molecule has 0 amide bonds. The van der Waals surface area contributed by atoms with Crippen molar-refractivity contribution in [3.8, 4) is 5.75 Å². The highest BCUT2D eigenvalue weighted by molar-refractivity contribution is 9.10. The number of benzene rings is 1. The quantitative estimate of drug-likeness (QED) is 0.507. The second kappa shape index (κ2) is 5.76. The number of methoxy groups -OCH3 is 1. The number of nitrogens with zero attached hydrogens (tertiary/aromatic N) is 1. The van der Waals surface area contributed by atoms with Crippen molar-refractivity contribution < 1.29 is 9.13 Å². The van der Waals surface area contributed by atoms with Gasteiger partial charge in [0.15, 0.2) is 5.11 Å². The average molecular weight is 306 g/mol. The molecule has 0 aliphatic carbocycles. The third kappa shape index (κ3) is 3.14. The molecule has 16 heavy (non-hydrogen) atoms. The van der Waals surface area contributed by atoms with E-state index in [4.69, 9.17) is 10.5 Å². The topological polar surface area (TPSA) is 59.6 Å². The summed E-state index contributed by atoms with van der Waals surface area (Å²) in [6, 6.07) is 2.80. The van der Waals surface area contributed by atoms with Crippen molar-refractivity contribution in [1.82, 2.24) is 5.43 Å². The molecule has 0 radical (unpaired) electrons. The van der Waals surface area contributed by atoms with Crippen LogP contribution >= 0.6 is 28.1 Å². The van der Waals surface area contributed by atoms with Gasteiger partial charge in [-0.3, -0.25) is 5.43 Å². The molecule has 4 nitrogen and oxygen atoms in total. The van der Waals surface area contributed by atoms with Gasteiger partial charge in [0.1, 0.15) is 11.6 Å². The van der Waals surface area contributed by atoms with Gasteiger partial charge in [-0.25, -0.2) is 4.39 Å². The Labute approximate surface area is 106 Å². The van der Waals surface area contributed by atoms with E-state index in [1.165, 1.54) is 25.5 Å². The van der Waals surface area contributed by atoms with Crippen molar-refractivity contribution in [3.63, 3.8) is 0 Å². The van der Waals surface area contributed by atoms with Gasteiger partial charge < -0.3 is 10.5 Å². The highest BCUT2D eigenvalue weighted by atomic mass is 79.9. The maximum atomic E-state index is 13.4. The van der Waals surface area contributed by atoms with E-state index in [9.17, 15) is 4.39 Å². The molecule has 0 heterocycles. The lowest BCUT2D eigenvalue weighted by molar-refractivity contribution is 0.410. The molecule has 1 rings (SSSR count). The van der Waals surface area contributed by atoms with Crippen LogP contribution in [-0.2, 0) is 0 Å². The second-order valence-corrected chi connectivity index (χ2v) is 3.94. The largest absolute Gasteiger partial charge is 0.496 e. The molecule has 0 saturated carbocycles. The van der Waals surface area contributed by atoms with E-state index in [1.807, 2.05) is 0 Å². The molecular formula is C9H9BrFN3OS. The molecule has 1 aromatic carbocycles. The maximum Gasteiger partial charge on any atom is 0.184 e. The summed E-state index contributed by atoms with van der Waals surface area (Å²) >= 11 is 7.76. The van der Waals surface area contributed by atoms with Crippen molar-refractivity contribution in [3.05, 3.63) is 28.0 Å². The highest BCUT2D eigenvalue weighted by Gasteiger charge is 2.09. The summed E-state index contributed by atoms with van der Waals surface area (Å²) in [5, 5.41) is 3.68. The van der Waals surface area contributed by atoms with Gasteiger partial charge in [-0.2, -0.15) is 5.10 Å². The molecule has 0 atom stereocenters. The summed E-state index contributed by atoms with van der Waals surface area (Å²) in [6.45, 7) is 0. The van der Waals surface area contributed by atoms with Gasteiger partial charge in [-0.15, -0.1) is 0 Å². The Morgan fingerprint density at radius 2 is 2.38 bits per heavy atom. The van der Waals surface area contributed by atoms with E-state index < -0.39 is 5.82 Å². The van der Waals surface area contributed by atoms with E-state index in [1.54, 1.807) is 0 Å². The van der Waals surface area contributed by atoms with Crippen LogP contribution in [0.1, 0.15) is 5.56 Å². The first-order chi connectivity index (χ1) is 7.56. The molecule has 7 heteroatoms. The Morgan fingerprint density at radius 3 is 2.94 bits per heavy atom. The van der Waals surface area contributed by atoms with Crippen molar-refractivity contribution in [2.75, 3.05) is 7.11 Å². The van der Waals surface area contributed by atoms with E-state index in [0.717, 1.165) is 0 Å². The molecule has 0 spiro atoms. The Balaban J connectivity index is 3.02. The third-order valence-corrected chi connectivity index (χ3v) is 2.59. The molecule has 0 aliphatic heterocycles. The number of hydrazone groups is 1. The van der Waals surface area contributed by atoms with Crippen LogP contribution in [0.5, 0.6) is 5.75 Å². The van der Waals surface area contributed by atoms with Gasteiger partial charge >= 0.3 is 0 Å². The van der Waals surface area contributed by atoms with Crippen molar-refractivity contribution in [1.29, 1.82) is 0 Å². The lowest BCUT2D eigenvalue weighted by atomic mass is 10.2. The summed E-state index contributed by atoms with van der Waals surface area (Å²) in [5.74, 6) is 0.0827. The van der Waals surface area contributed by atoms with Crippen molar-refractivity contribution in [2.45, 2.75) is 0 Å². The third-order valence-electron chi connectivity index (χ3n) is 1.68. The smallest absolute Gasteiger partial charge is 0.184 e. The van der Waals surface area contributed by atoms with Crippen molar-refractivity contribution in [2.24, 2.45) is 10.8 Å². The summed E-state index contributed by atoms with van der Waals surface area (Å²) in [4.78, 5) is 0. The number of nitrogens with one attached hydrogen (secondary N) is 1. The van der Waals surface area contributed by atoms with Crippen LogP contribution in [0.25, 0.3) is 0 Å². The van der Waals surface area contributed by atoms with Gasteiger partial charge in [0.2, 0.25) is 0 Å². The standard InChI is InChI=1S/C9H9BrFN3OS/c1-15-7-3-2-6(11)5(8(7)10)4-13-14-9(12)16/h2-4H,1H3,(H3,12,14,16). The summed E-state index contributed by atoms with van der Waals surface area (Å²) in [5.41, 5.74) is 7.75. The van der Waals surface area contributed by atoms with Crippen LogP contribution in [0.3, 0.4) is 0 Å². The van der Waals surface area contributed by atoms with Crippen LogP contribution in [0.4, 0.5) is 4.39 Å². The number of rotatable bonds is 3. The minimum absolute atomic E-state index is 0.00989. The van der Waals surface area contributed by atoms with Gasteiger partial charge in [-0.1, -0.05) is 0 Å². The number of hydrogen-bond acceptors (Lipinski definition) is 3. The van der Waals surface area contributed by atoms with Gasteiger partial charge in [0.05, 0.1) is 17.8 Å². The fourth-order valence-corrected chi connectivity index (χ4v) is 1.62. The highest BCUT2D eigenvalue weighted by Crippen LogP contribution is 2.29. The monoisotopic (exact) mass is 305 g/mol. The minimum atomic E-state index is -0.429. The average Bonchev–Trinajstić information content (AvgIpc) is 2.23. The zero-order valence-corrected chi connectivity index (χ0v) is 10.7. The molecule has 3 N–H and O–H groups in total. The molecule has 0 aromatic heterocycles. The number of halogens is 2. The lowest BCUT2D eigenvalue weighted by Gasteiger charge is -2.06. The van der Waals surface area contributed by atoms with E-state index in [2.05, 4.69) is 38.7 Å². The van der Waals surface area contributed by atoms with E-state index in [0.29, 0.717) is 10.2 Å². The fraction of sp³-hybridized carbons (Fsp3) is 0.111. The summed E-state index contributed by atoms with van der Waals surface area (Å²) in [7, 11) is 1.49. The van der Waals surface area contributed by atoms with Crippen LogP contribution in [0.2, 0.25) is 0 Å². The lowest BCUT2D eigenvalue weighted by Crippen LogP contribution is -2.24. The van der Waals surface area contributed by atoms with E-state index in [-0.39, 0.29) is 10.7 Å². The Bertz CT molecular complexity index is 439. The molecule has 1 aromatic rings. The predicted molar refractivity (Wildman–Crippen MR) is 68.2 cm³/mol. The molecular weight excluding hydrogens is 297 g/mol. The van der Waals surface area contributed by atoms with Gasteiger partial charge in [0, 0.05) is 5.56 Å². The van der Waals surface area contributed by atoms with Gasteiger partial charge in [0.25, 0.3) is 0 Å². The number of hydrogen-bond donors (Lipinski definition) is 2. The maximum absolute atomic E-state index is 13.4. The molecule has 0 unspecified atom stereocenters. The molecule has 0 fully saturated rings. The first-order valence-electron chi connectivity index (χ1n) is 4.16. The zero-order chi connectivity index (χ0) is 12.1. The van der Waals surface area contributed by atoms with Gasteiger partial charge in [-0.05, 0) is 40.3 Å². The summed E-state index contributed by atoms with van der Waals surface area (Å²) in [6.07, 6.45) is 1.26.